The molecule has 134 valence electrons. The summed E-state index contributed by atoms with van der Waals surface area (Å²) in [5, 5.41) is 10.8. The number of carbonyl (C=O) groups is 1. The minimum atomic E-state index is -0.510. The number of rotatable bonds is 3. The first-order chi connectivity index (χ1) is 13.1. The lowest BCUT2D eigenvalue weighted by atomic mass is 10.1. The average Bonchev–Trinajstić information content (AvgIpc) is 3.09. The van der Waals surface area contributed by atoms with Gasteiger partial charge >= 0.3 is 0 Å². The van der Waals surface area contributed by atoms with Crippen molar-refractivity contribution in [3.8, 4) is 11.4 Å². The predicted octanol–water partition coefficient (Wildman–Crippen LogP) is 2.05. The van der Waals surface area contributed by atoms with Crippen LogP contribution < -0.4 is 10.9 Å². The molecule has 1 N–H and O–H groups in total. The van der Waals surface area contributed by atoms with E-state index in [-0.39, 0.29) is 5.56 Å². The monoisotopic (exact) mass is 360 g/mol. The van der Waals surface area contributed by atoms with Gasteiger partial charge in [0.15, 0.2) is 5.82 Å². The van der Waals surface area contributed by atoms with Gasteiger partial charge in [-0.3, -0.25) is 14.0 Å². The number of fused-ring (bicyclic) bond motifs is 1. The van der Waals surface area contributed by atoms with Crippen LogP contribution in [0.25, 0.3) is 17.0 Å². The largest absolute Gasteiger partial charge is 0.322 e. The van der Waals surface area contributed by atoms with Crippen LogP contribution >= 0.6 is 0 Å². The number of amides is 1. The van der Waals surface area contributed by atoms with Crippen LogP contribution in [0.3, 0.4) is 0 Å². The Morgan fingerprint density at radius 3 is 2.78 bits per heavy atom. The van der Waals surface area contributed by atoms with Crippen molar-refractivity contribution in [3.63, 3.8) is 0 Å². The summed E-state index contributed by atoms with van der Waals surface area (Å²) in [7, 11) is 1.85. The molecule has 0 atom stereocenters. The predicted molar refractivity (Wildman–Crippen MR) is 101 cm³/mol. The highest BCUT2D eigenvalue weighted by Gasteiger charge is 2.16. The van der Waals surface area contributed by atoms with E-state index in [1.54, 1.807) is 41.4 Å². The Bertz CT molecular complexity index is 1220. The van der Waals surface area contributed by atoms with Gasteiger partial charge in [-0.2, -0.15) is 0 Å². The van der Waals surface area contributed by atoms with Gasteiger partial charge in [0.1, 0.15) is 17.5 Å². The van der Waals surface area contributed by atoms with E-state index in [1.807, 2.05) is 26.1 Å². The average molecular weight is 360 g/mol. The number of hydrogen-bond donors (Lipinski definition) is 1. The number of pyridine rings is 1. The molecule has 1 aromatic carbocycles. The molecule has 0 unspecified atom stereocenters. The highest BCUT2D eigenvalue weighted by Crippen LogP contribution is 2.26. The quantitative estimate of drug-likeness (QED) is 0.603. The van der Waals surface area contributed by atoms with Gasteiger partial charge in [-0.05, 0) is 30.7 Å². The minimum absolute atomic E-state index is 0.0258. The molecule has 0 aliphatic rings. The molecule has 0 radical (unpaired) electrons. The second-order valence-corrected chi connectivity index (χ2v) is 6.10. The van der Waals surface area contributed by atoms with Crippen molar-refractivity contribution >= 4 is 17.2 Å². The fraction of sp³-hybridized carbons (Fsp3) is 0.105. The first kappa shape index (κ1) is 16.6. The third kappa shape index (κ3) is 2.86. The van der Waals surface area contributed by atoms with Crippen molar-refractivity contribution in [2.24, 2.45) is 7.05 Å². The molecule has 0 saturated carbocycles. The number of carbonyl (C=O) groups excluding carboxylic acids is 1. The zero-order chi connectivity index (χ0) is 19.0. The second-order valence-electron chi connectivity index (χ2n) is 6.10. The Labute approximate surface area is 154 Å². The number of anilines is 1. The van der Waals surface area contributed by atoms with Gasteiger partial charge in [-0.25, -0.2) is 4.98 Å². The van der Waals surface area contributed by atoms with Gasteiger partial charge in [-0.1, -0.05) is 18.2 Å². The molecule has 0 bridgehead atoms. The molecule has 0 aliphatic carbocycles. The summed E-state index contributed by atoms with van der Waals surface area (Å²) in [4.78, 5) is 29.5. The molecular formula is C19H16N6O2. The van der Waals surface area contributed by atoms with Crippen molar-refractivity contribution in [1.82, 2.24) is 24.1 Å². The minimum Gasteiger partial charge on any atom is -0.322 e. The van der Waals surface area contributed by atoms with E-state index < -0.39 is 11.5 Å². The highest BCUT2D eigenvalue weighted by atomic mass is 16.2. The summed E-state index contributed by atoms with van der Waals surface area (Å²) >= 11 is 0. The Balaban J connectivity index is 1.71. The SMILES string of the molecule is Cc1c(NC(=O)c2cnc3ccccn3c2=O)cccc1-c1nncn1C. The van der Waals surface area contributed by atoms with Gasteiger partial charge in [0, 0.05) is 30.7 Å². The second kappa shape index (κ2) is 6.49. The molecule has 4 aromatic rings. The number of benzene rings is 1. The molecule has 1 amide bonds. The van der Waals surface area contributed by atoms with Crippen LogP contribution in [0.2, 0.25) is 0 Å². The first-order valence-corrected chi connectivity index (χ1v) is 8.28. The smallest absolute Gasteiger partial charge is 0.270 e. The molecule has 4 rings (SSSR count). The number of nitrogens with zero attached hydrogens (tertiary/aromatic N) is 5. The van der Waals surface area contributed by atoms with Crippen LogP contribution in [-0.2, 0) is 7.05 Å². The van der Waals surface area contributed by atoms with Gasteiger partial charge < -0.3 is 9.88 Å². The Morgan fingerprint density at radius 1 is 1.15 bits per heavy atom. The Hall–Kier alpha value is -3.81. The topological polar surface area (TPSA) is 94.2 Å². The Kier molecular flexibility index (Phi) is 4.00. The molecule has 0 fully saturated rings. The molecule has 0 spiro atoms. The molecule has 8 nitrogen and oxygen atoms in total. The van der Waals surface area contributed by atoms with Crippen molar-refractivity contribution in [3.05, 3.63) is 76.6 Å². The third-order valence-corrected chi connectivity index (χ3v) is 4.39. The standard InChI is InChI=1S/C19H16N6O2/c1-12-13(17-23-21-11-24(17)2)6-5-7-15(12)22-18(26)14-10-20-16-8-3-4-9-25(16)19(14)27/h3-11H,1-2H3,(H,22,26). The summed E-state index contributed by atoms with van der Waals surface area (Å²) in [5.41, 5.74) is 2.32. The van der Waals surface area contributed by atoms with Crippen LogP contribution in [-0.4, -0.2) is 30.1 Å². The van der Waals surface area contributed by atoms with E-state index in [4.69, 9.17) is 0 Å². The van der Waals surface area contributed by atoms with Crippen LogP contribution in [0.4, 0.5) is 5.69 Å². The summed E-state index contributed by atoms with van der Waals surface area (Å²) < 4.78 is 3.14. The van der Waals surface area contributed by atoms with Crippen molar-refractivity contribution in [2.45, 2.75) is 6.92 Å². The number of aryl methyl sites for hydroxylation is 1. The van der Waals surface area contributed by atoms with E-state index in [0.29, 0.717) is 17.2 Å². The molecule has 0 saturated heterocycles. The van der Waals surface area contributed by atoms with Crippen molar-refractivity contribution in [2.75, 3.05) is 5.32 Å². The van der Waals surface area contributed by atoms with Crippen molar-refractivity contribution < 1.29 is 4.79 Å². The van der Waals surface area contributed by atoms with E-state index in [1.165, 1.54) is 10.6 Å². The third-order valence-electron chi connectivity index (χ3n) is 4.39. The van der Waals surface area contributed by atoms with Crippen molar-refractivity contribution in [1.29, 1.82) is 0 Å². The zero-order valence-electron chi connectivity index (χ0n) is 14.7. The van der Waals surface area contributed by atoms with E-state index in [2.05, 4.69) is 20.5 Å². The summed E-state index contributed by atoms with van der Waals surface area (Å²) in [6.07, 6.45) is 4.50. The van der Waals surface area contributed by atoms with Crippen LogP contribution in [0, 0.1) is 6.92 Å². The van der Waals surface area contributed by atoms with E-state index >= 15 is 0 Å². The van der Waals surface area contributed by atoms with Gasteiger partial charge in [0.2, 0.25) is 0 Å². The summed E-state index contributed by atoms with van der Waals surface area (Å²) in [6.45, 7) is 1.88. The zero-order valence-corrected chi connectivity index (χ0v) is 14.7. The van der Waals surface area contributed by atoms with Crippen LogP contribution in [0.15, 0.2) is 59.9 Å². The molecule has 27 heavy (non-hydrogen) atoms. The lowest BCUT2D eigenvalue weighted by Gasteiger charge is -2.12. The molecule has 0 aliphatic heterocycles. The first-order valence-electron chi connectivity index (χ1n) is 8.28. The van der Waals surface area contributed by atoms with Crippen LogP contribution in [0.1, 0.15) is 15.9 Å². The fourth-order valence-electron chi connectivity index (χ4n) is 2.91. The molecule has 8 heteroatoms. The normalized spacial score (nSPS) is 10.9. The number of nitrogens with one attached hydrogen (secondary N) is 1. The van der Waals surface area contributed by atoms with Crippen LogP contribution in [0.5, 0.6) is 0 Å². The lowest BCUT2D eigenvalue weighted by molar-refractivity contribution is 0.102. The van der Waals surface area contributed by atoms with E-state index in [9.17, 15) is 9.59 Å². The maximum Gasteiger partial charge on any atom is 0.270 e. The maximum atomic E-state index is 12.7. The molecule has 3 heterocycles. The van der Waals surface area contributed by atoms with E-state index in [0.717, 1.165) is 11.1 Å². The number of hydrogen-bond acceptors (Lipinski definition) is 5. The molecular weight excluding hydrogens is 344 g/mol. The highest BCUT2D eigenvalue weighted by molar-refractivity contribution is 6.04. The van der Waals surface area contributed by atoms with Gasteiger partial charge in [0.25, 0.3) is 11.5 Å². The summed E-state index contributed by atoms with van der Waals surface area (Å²) in [5.74, 6) is 0.181. The fourth-order valence-corrected chi connectivity index (χ4v) is 2.91. The lowest BCUT2D eigenvalue weighted by Crippen LogP contribution is -2.26. The molecule has 3 aromatic heterocycles. The summed E-state index contributed by atoms with van der Waals surface area (Å²) in [6, 6.07) is 10.7. The Morgan fingerprint density at radius 2 is 2.00 bits per heavy atom. The van der Waals surface area contributed by atoms with Gasteiger partial charge in [-0.15, -0.1) is 10.2 Å². The maximum absolute atomic E-state index is 12.7. The number of aromatic nitrogens is 5. The van der Waals surface area contributed by atoms with Gasteiger partial charge in [0.05, 0.1) is 0 Å².